The third-order valence-electron chi connectivity index (χ3n) is 3.42. The van der Waals surface area contributed by atoms with Gasteiger partial charge in [-0.25, -0.2) is 4.39 Å². The van der Waals surface area contributed by atoms with E-state index in [4.69, 9.17) is 0 Å². The maximum Gasteiger partial charge on any atom is 0.127 e. The molecule has 0 amide bonds. The minimum absolute atomic E-state index is 0.134. The molecule has 0 aliphatic heterocycles. The Morgan fingerprint density at radius 2 is 1.76 bits per heavy atom. The molecule has 2 aromatic rings. The SMILES string of the molecule is CCNCc1cccc(CN(C)Cc2ccccc2F)c1. The standard InChI is InChI=1S/C18H23FN2/c1-3-20-12-15-7-6-8-16(11-15)13-21(2)14-17-9-4-5-10-18(17)19/h4-11,20H,3,12-14H2,1-2H3. The third-order valence-corrected chi connectivity index (χ3v) is 3.42. The molecule has 112 valence electrons. The van der Waals surface area contributed by atoms with E-state index in [0.717, 1.165) is 25.2 Å². The zero-order chi connectivity index (χ0) is 15.1. The fourth-order valence-corrected chi connectivity index (χ4v) is 2.39. The van der Waals surface area contributed by atoms with Crippen LogP contribution >= 0.6 is 0 Å². The molecule has 0 saturated carbocycles. The summed E-state index contributed by atoms with van der Waals surface area (Å²) in [6.07, 6.45) is 0. The molecule has 1 N–H and O–H groups in total. The highest BCUT2D eigenvalue weighted by Gasteiger charge is 2.06. The second-order valence-electron chi connectivity index (χ2n) is 5.36. The van der Waals surface area contributed by atoms with Gasteiger partial charge >= 0.3 is 0 Å². The normalized spacial score (nSPS) is 11.0. The van der Waals surface area contributed by atoms with Crippen LogP contribution in [0.5, 0.6) is 0 Å². The van der Waals surface area contributed by atoms with Crippen LogP contribution in [0.4, 0.5) is 4.39 Å². The van der Waals surface area contributed by atoms with Gasteiger partial charge < -0.3 is 5.32 Å². The summed E-state index contributed by atoms with van der Waals surface area (Å²) in [5.41, 5.74) is 3.28. The summed E-state index contributed by atoms with van der Waals surface area (Å²) in [5.74, 6) is -0.134. The number of hydrogen-bond donors (Lipinski definition) is 1. The first-order valence-corrected chi connectivity index (χ1v) is 7.39. The van der Waals surface area contributed by atoms with Crippen molar-refractivity contribution in [3.63, 3.8) is 0 Å². The predicted octanol–water partition coefficient (Wildman–Crippen LogP) is 3.57. The molecule has 0 unspecified atom stereocenters. The Hall–Kier alpha value is -1.71. The van der Waals surface area contributed by atoms with E-state index in [9.17, 15) is 4.39 Å². The monoisotopic (exact) mass is 286 g/mol. The highest BCUT2D eigenvalue weighted by Crippen LogP contribution is 2.12. The first-order valence-electron chi connectivity index (χ1n) is 7.39. The fourth-order valence-electron chi connectivity index (χ4n) is 2.39. The van der Waals surface area contributed by atoms with Gasteiger partial charge in [0.05, 0.1) is 0 Å². The Kier molecular flexibility index (Phi) is 5.90. The number of halogens is 1. The molecule has 2 rings (SSSR count). The minimum Gasteiger partial charge on any atom is -0.313 e. The summed E-state index contributed by atoms with van der Waals surface area (Å²) in [4.78, 5) is 2.13. The second kappa shape index (κ2) is 7.91. The van der Waals surface area contributed by atoms with Gasteiger partial charge in [0.2, 0.25) is 0 Å². The summed E-state index contributed by atoms with van der Waals surface area (Å²) in [6.45, 7) is 5.39. The number of hydrogen-bond acceptors (Lipinski definition) is 2. The fraction of sp³-hybridized carbons (Fsp3) is 0.333. The molecule has 3 heteroatoms. The first-order chi connectivity index (χ1) is 10.2. The van der Waals surface area contributed by atoms with E-state index < -0.39 is 0 Å². The van der Waals surface area contributed by atoms with E-state index in [0.29, 0.717) is 6.54 Å². The molecule has 0 aromatic heterocycles. The zero-order valence-corrected chi connectivity index (χ0v) is 12.8. The van der Waals surface area contributed by atoms with Gasteiger partial charge in [0.25, 0.3) is 0 Å². The lowest BCUT2D eigenvalue weighted by Gasteiger charge is -2.17. The number of rotatable bonds is 7. The van der Waals surface area contributed by atoms with E-state index >= 15 is 0 Å². The van der Waals surface area contributed by atoms with Gasteiger partial charge in [-0.2, -0.15) is 0 Å². The molecule has 2 nitrogen and oxygen atoms in total. The van der Waals surface area contributed by atoms with Crippen molar-refractivity contribution in [2.24, 2.45) is 0 Å². The van der Waals surface area contributed by atoms with Crippen molar-refractivity contribution in [1.82, 2.24) is 10.2 Å². The molecule has 0 aliphatic carbocycles. The van der Waals surface area contributed by atoms with Crippen molar-refractivity contribution >= 4 is 0 Å². The van der Waals surface area contributed by atoms with Crippen LogP contribution in [0.25, 0.3) is 0 Å². The van der Waals surface area contributed by atoms with Crippen LogP contribution in [0, 0.1) is 5.82 Å². The third kappa shape index (κ3) is 4.96. The molecule has 0 radical (unpaired) electrons. The van der Waals surface area contributed by atoms with Crippen molar-refractivity contribution < 1.29 is 4.39 Å². The van der Waals surface area contributed by atoms with Gasteiger partial charge in [-0.3, -0.25) is 4.90 Å². The van der Waals surface area contributed by atoms with Crippen LogP contribution in [-0.4, -0.2) is 18.5 Å². The van der Waals surface area contributed by atoms with Gasteiger partial charge in [-0.15, -0.1) is 0 Å². The Morgan fingerprint density at radius 1 is 1.00 bits per heavy atom. The predicted molar refractivity (Wildman–Crippen MR) is 85.4 cm³/mol. The largest absolute Gasteiger partial charge is 0.313 e. The van der Waals surface area contributed by atoms with Crippen LogP contribution in [0.3, 0.4) is 0 Å². The van der Waals surface area contributed by atoms with Gasteiger partial charge in [-0.1, -0.05) is 49.4 Å². The molecule has 21 heavy (non-hydrogen) atoms. The van der Waals surface area contributed by atoms with Gasteiger partial charge in [-0.05, 0) is 30.8 Å². The summed E-state index contributed by atoms with van der Waals surface area (Å²) >= 11 is 0. The Morgan fingerprint density at radius 3 is 2.52 bits per heavy atom. The lowest BCUT2D eigenvalue weighted by Crippen LogP contribution is -2.18. The lowest BCUT2D eigenvalue weighted by molar-refractivity contribution is 0.313. The highest BCUT2D eigenvalue weighted by atomic mass is 19.1. The zero-order valence-electron chi connectivity index (χ0n) is 12.8. The van der Waals surface area contributed by atoms with Crippen LogP contribution in [-0.2, 0) is 19.6 Å². The van der Waals surface area contributed by atoms with Crippen LogP contribution in [0.1, 0.15) is 23.6 Å². The maximum absolute atomic E-state index is 13.7. The quantitative estimate of drug-likeness (QED) is 0.837. The highest BCUT2D eigenvalue weighted by molar-refractivity contribution is 5.24. The van der Waals surface area contributed by atoms with Crippen molar-refractivity contribution in [2.75, 3.05) is 13.6 Å². The lowest BCUT2D eigenvalue weighted by atomic mass is 10.1. The Balaban J connectivity index is 1.96. The summed E-state index contributed by atoms with van der Waals surface area (Å²) in [7, 11) is 2.02. The van der Waals surface area contributed by atoms with E-state index in [-0.39, 0.29) is 5.82 Å². The Labute approximate surface area is 126 Å². The average molecular weight is 286 g/mol. The van der Waals surface area contributed by atoms with Gasteiger partial charge in [0, 0.05) is 25.2 Å². The summed E-state index contributed by atoms with van der Waals surface area (Å²) < 4.78 is 13.7. The topological polar surface area (TPSA) is 15.3 Å². The molecule has 0 fully saturated rings. The number of nitrogens with zero attached hydrogens (tertiary/aromatic N) is 1. The molecule has 0 bridgehead atoms. The molecule has 0 heterocycles. The van der Waals surface area contributed by atoms with Crippen LogP contribution in [0.2, 0.25) is 0 Å². The second-order valence-corrected chi connectivity index (χ2v) is 5.36. The minimum atomic E-state index is -0.134. The van der Waals surface area contributed by atoms with Crippen molar-refractivity contribution in [3.8, 4) is 0 Å². The van der Waals surface area contributed by atoms with Crippen LogP contribution in [0.15, 0.2) is 48.5 Å². The van der Waals surface area contributed by atoms with E-state index in [1.165, 1.54) is 17.2 Å². The first kappa shape index (κ1) is 15.7. The van der Waals surface area contributed by atoms with E-state index in [1.807, 2.05) is 19.2 Å². The van der Waals surface area contributed by atoms with Gasteiger partial charge in [0.15, 0.2) is 0 Å². The number of benzene rings is 2. The van der Waals surface area contributed by atoms with Crippen LogP contribution < -0.4 is 5.32 Å². The summed E-state index contributed by atoms with van der Waals surface area (Å²) in [6, 6.07) is 15.5. The van der Waals surface area contributed by atoms with E-state index in [2.05, 4.69) is 41.4 Å². The maximum atomic E-state index is 13.7. The van der Waals surface area contributed by atoms with Gasteiger partial charge in [0.1, 0.15) is 5.82 Å². The smallest absolute Gasteiger partial charge is 0.127 e. The van der Waals surface area contributed by atoms with Crippen molar-refractivity contribution in [1.29, 1.82) is 0 Å². The number of nitrogens with one attached hydrogen (secondary N) is 1. The molecular weight excluding hydrogens is 263 g/mol. The molecule has 2 aromatic carbocycles. The van der Waals surface area contributed by atoms with Crippen molar-refractivity contribution in [3.05, 3.63) is 71.0 Å². The summed E-state index contributed by atoms with van der Waals surface area (Å²) in [5, 5.41) is 3.33. The average Bonchev–Trinajstić information content (AvgIpc) is 2.48. The van der Waals surface area contributed by atoms with Crippen molar-refractivity contribution in [2.45, 2.75) is 26.6 Å². The molecular formula is C18H23FN2. The molecule has 0 aliphatic rings. The van der Waals surface area contributed by atoms with E-state index in [1.54, 1.807) is 6.07 Å². The molecule has 0 atom stereocenters. The Bertz CT molecular complexity index is 569. The molecule has 0 spiro atoms. The molecule has 0 saturated heterocycles.